The van der Waals surface area contributed by atoms with Crippen LogP contribution in [0.2, 0.25) is 0 Å². The molecule has 94 valence electrons. The van der Waals surface area contributed by atoms with E-state index in [1.165, 1.54) is 12.2 Å². The largest absolute Gasteiger partial charge is 0.240 e. The van der Waals surface area contributed by atoms with Gasteiger partial charge in [-0.15, -0.1) is 0 Å². The number of aliphatic imine (C=N–C) groups is 2. The van der Waals surface area contributed by atoms with E-state index in [0.717, 1.165) is 16.7 Å². The second kappa shape index (κ2) is 5.09. The molecule has 0 aromatic heterocycles. The van der Waals surface area contributed by atoms with Crippen molar-refractivity contribution >= 4 is 23.5 Å². The summed E-state index contributed by atoms with van der Waals surface area (Å²) in [5.74, 6) is 0. The van der Waals surface area contributed by atoms with Gasteiger partial charge in [0.2, 0.25) is 12.2 Å². The Morgan fingerprint density at radius 3 is 2.00 bits per heavy atom. The number of isocyanates is 2. The average molecular weight is 244 g/mol. The maximum Gasteiger partial charge on any atom is 0.240 e. The minimum Gasteiger partial charge on any atom is -0.211 e. The molecule has 0 saturated heterocycles. The second-order valence-corrected chi connectivity index (χ2v) is 5.20. The third-order valence-corrected chi connectivity index (χ3v) is 2.98. The quantitative estimate of drug-likeness (QED) is 0.590. The molecular formula is C14H16N2O2. The van der Waals surface area contributed by atoms with Gasteiger partial charge < -0.3 is 0 Å². The standard InChI is InChI=1S/C14H16N2O2/c1-9-10(2)13(16-8-18)12(15-7-17)6-11(9)14(3,4)5/h6H,1-5H3. The summed E-state index contributed by atoms with van der Waals surface area (Å²) in [6.45, 7) is 10.0. The highest BCUT2D eigenvalue weighted by Crippen LogP contribution is 2.39. The van der Waals surface area contributed by atoms with Gasteiger partial charge in [0, 0.05) is 0 Å². The fourth-order valence-corrected chi connectivity index (χ4v) is 1.99. The smallest absolute Gasteiger partial charge is 0.211 e. The summed E-state index contributed by atoms with van der Waals surface area (Å²) in [5.41, 5.74) is 3.62. The topological polar surface area (TPSA) is 58.9 Å². The van der Waals surface area contributed by atoms with Crippen molar-refractivity contribution in [3.05, 3.63) is 22.8 Å². The van der Waals surface area contributed by atoms with Crippen molar-refractivity contribution in [3.63, 3.8) is 0 Å². The summed E-state index contributed by atoms with van der Waals surface area (Å²) in [4.78, 5) is 28.2. The fourth-order valence-electron chi connectivity index (χ4n) is 1.99. The Kier molecular flexibility index (Phi) is 3.97. The molecule has 0 bridgehead atoms. The lowest BCUT2D eigenvalue weighted by Crippen LogP contribution is -2.13. The van der Waals surface area contributed by atoms with Gasteiger partial charge in [-0.05, 0) is 42.0 Å². The van der Waals surface area contributed by atoms with Crippen LogP contribution < -0.4 is 0 Å². The summed E-state index contributed by atoms with van der Waals surface area (Å²) in [6.07, 6.45) is 2.99. The lowest BCUT2D eigenvalue weighted by Gasteiger charge is -2.24. The third-order valence-electron chi connectivity index (χ3n) is 2.98. The first-order valence-corrected chi connectivity index (χ1v) is 5.63. The van der Waals surface area contributed by atoms with Crippen molar-refractivity contribution in [2.75, 3.05) is 0 Å². The van der Waals surface area contributed by atoms with E-state index in [-0.39, 0.29) is 5.41 Å². The van der Waals surface area contributed by atoms with Crippen molar-refractivity contribution < 1.29 is 9.59 Å². The van der Waals surface area contributed by atoms with Crippen LogP contribution in [0, 0.1) is 13.8 Å². The molecule has 4 heteroatoms. The van der Waals surface area contributed by atoms with Crippen LogP contribution in [-0.4, -0.2) is 12.2 Å². The predicted molar refractivity (Wildman–Crippen MR) is 70.2 cm³/mol. The zero-order chi connectivity index (χ0) is 13.9. The molecule has 0 fully saturated rings. The van der Waals surface area contributed by atoms with Gasteiger partial charge in [0.15, 0.2) is 0 Å². The van der Waals surface area contributed by atoms with E-state index in [2.05, 4.69) is 30.8 Å². The molecule has 0 unspecified atom stereocenters. The molecule has 0 amide bonds. The van der Waals surface area contributed by atoms with Crippen LogP contribution in [0.4, 0.5) is 11.4 Å². The van der Waals surface area contributed by atoms with Gasteiger partial charge >= 0.3 is 0 Å². The lowest BCUT2D eigenvalue weighted by molar-refractivity contribution is 0.564. The van der Waals surface area contributed by atoms with Crippen LogP contribution in [0.1, 0.15) is 37.5 Å². The molecule has 1 aromatic rings. The average Bonchev–Trinajstić information content (AvgIpc) is 2.27. The Hall–Kier alpha value is -2.02. The predicted octanol–water partition coefficient (Wildman–Crippen LogP) is 3.54. The number of benzene rings is 1. The maximum absolute atomic E-state index is 10.5. The summed E-state index contributed by atoms with van der Waals surface area (Å²) < 4.78 is 0. The Balaban J connectivity index is 3.74. The van der Waals surface area contributed by atoms with Gasteiger partial charge in [-0.25, -0.2) is 9.59 Å². The molecule has 0 saturated carbocycles. The molecule has 0 radical (unpaired) electrons. The molecule has 0 aliphatic heterocycles. The first-order valence-electron chi connectivity index (χ1n) is 5.63. The SMILES string of the molecule is Cc1c(C(C)(C)C)cc(N=C=O)c(N=C=O)c1C. The number of hydrogen-bond donors (Lipinski definition) is 0. The number of nitrogens with zero attached hydrogens (tertiary/aromatic N) is 2. The molecule has 0 spiro atoms. The highest BCUT2D eigenvalue weighted by atomic mass is 16.1. The summed E-state index contributed by atoms with van der Waals surface area (Å²) in [7, 11) is 0. The van der Waals surface area contributed by atoms with E-state index in [9.17, 15) is 9.59 Å². The summed E-state index contributed by atoms with van der Waals surface area (Å²) in [6, 6.07) is 1.78. The highest BCUT2D eigenvalue weighted by Gasteiger charge is 2.21. The fraction of sp³-hybridized carbons (Fsp3) is 0.429. The van der Waals surface area contributed by atoms with Crippen LogP contribution in [0.3, 0.4) is 0 Å². The summed E-state index contributed by atoms with van der Waals surface area (Å²) in [5, 5.41) is 0. The third kappa shape index (κ3) is 2.62. The number of carbonyl (C=O) groups excluding carboxylic acids is 2. The second-order valence-electron chi connectivity index (χ2n) is 5.20. The first-order chi connectivity index (χ1) is 8.32. The minimum absolute atomic E-state index is 0.0780. The molecule has 0 N–H and O–H groups in total. The van der Waals surface area contributed by atoms with Gasteiger partial charge in [0.05, 0.1) is 0 Å². The van der Waals surface area contributed by atoms with Crippen molar-refractivity contribution in [1.29, 1.82) is 0 Å². The molecule has 0 aliphatic carbocycles. The van der Waals surface area contributed by atoms with Crippen LogP contribution in [0.5, 0.6) is 0 Å². The van der Waals surface area contributed by atoms with Crippen molar-refractivity contribution in [3.8, 4) is 0 Å². The van der Waals surface area contributed by atoms with Gasteiger partial charge in [0.25, 0.3) is 0 Å². The first kappa shape index (κ1) is 14.0. The van der Waals surface area contributed by atoms with E-state index in [1.807, 2.05) is 13.8 Å². The van der Waals surface area contributed by atoms with Gasteiger partial charge in [-0.1, -0.05) is 20.8 Å². The maximum atomic E-state index is 10.5. The van der Waals surface area contributed by atoms with Crippen molar-refractivity contribution in [1.82, 2.24) is 0 Å². The van der Waals surface area contributed by atoms with E-state index < -0.39 is 0 Å². The van der Waals surface area contributed by atoms with E-state index in [4.69, 9.17) is 0 Å². The van der Waals surface area contributed by atoms with Gasteiger partial charge in [-0.2, -0.15) is 9.98 Å². The molecule has 1 rings (SSSR count). The zero-order valence-electron chi connectivity index (χ0n) is 11.3. The molecule has 18 heavy (non-hydrogen) atoms. The Labute approximate surface area is 106 Å². The molecule has 1 aromatic carbocycles. The van der Waals surface area contributed by atoms with Crippen molar-refractivity contribution in [2.24, 2.45) is 9.98 Å². The normalized spacial score (nSPS) is 10.5. The molecule has 4 nitrogen and oxygen atoms in total. The van der Waals surface area contributed by atoms with E-state index >= 15 is 0 Å². The highest BCUT2D eigenvalue weighted by molar-refractivity contribution is 5.74. The van der Waals surface area contributed by atoms with Gasteiger partial charge in [0.1, 0.15) is 11.4 Å². The Bertz CT molecular complexity index is 570. The van der Waals surface area contributed by atoms with E-state index in [1.54, 1.807) is 6.07 Å². The summed E-state index contributed by atoms with van der Waals surface area (Å²) >= 11 is 0. The molecular weight excluding hydrogens is 228 g/mol. The minimum atomic E-state index is -0.0780. The number of hydrogen-bond acceptors (Lipinski definition) is 4. The van der Waals surface area contributed by atoms with E-state index in [0.29, 0.717) is 11.4 Å². The molecule has 0 aliphatic rings. The van der Waals surface area contributed by atoms with Crippen LogP contribution in [0.15, 0.2) is 16.1 Å². The zero-order valence-corrected chi connectivity index (χ0v) is 11.3. The number of rotatable bonds is 2. The monoisotopic (exact) mass is 244 g/mol. The lowest BCUT2D eigenvalue weighted by atomic mass is 9.82. The van der Waals surface area contributed by atoms with Crippen LogP contribution >= 0.6 is 0 Å². The molecule has 0 atom stereocenters. The Morgan fingerprint density at radius 1 is 1.00 bits per heavy atom. The molecule has 0 heterocycles. The van der Waals surface area contributed by atoms with Crippen LogP contribution in [-0.2, 0) is 15.0 Å². The van der Waals surface area contributed by atoms with Gasteiger partial charge in [-0.3, -0.25) is 0 Å². The van der Waals surface area contributed by atoms with Crippen molar-refractivity contribution in [2.45, 2.75) is 40.0 Å². The Morgan fingerprint density at radius 2 is 1.56 bits per heavy atom. The van der Waals surface area contributed by atoms with Crippen LogP contribution in [0.25, 0.3) is 0 Å².